The molecule has 114 valence electrons. The Morgan fingerprint density at radius 2 is 1.85 bits per heavy atom. The van der Waals surface area contributed by atoms with Crippen LogP contribution in [0.25, 0.3) is 0 Å². The molecular weight excluding hydrogens is 256 g/mol. The van der Waals surface area contributed by atoms with Crippen molar-refractivity contribution in [2.45, 2.75) is 39.0 Å². The molecule has 1 saturated heterocycles. The van der Waals surface area contributed by atoms with Gasteiger partial charge in [-0.2, -0.15) is 0 Å². The fraction of sp³-hybridized carbons (Fsp3) is 0.867. The Morgan fingerprint density at radius 1 is 1.20 bits per heavy atom. The van der Waals surface area contributed by atoms with Gasteiger partial charge < -0.3 is 15.3 Å². The van der Waals surface area contributed by atoms with E-state index in [1.165, 1.54) is 12.8 Å². The number of carbonyl (C=O) groups is 2. The number of carboxylic acid groups (broad SMARTS) is 1. The molecule has 2 fully saturated rings. The molecule has 0 aromatic rings. The Hall–Kier alpha value is -1.10. The van der Waals surface area contributed by atoms with Crippen molar-refractivity contribution in [2.75, 3.05) is 26.2 Å². The van der Waals surface area contributed by atoms with Gasteiger partial charge in [0.25, 0.3) is 0 Å². The molecule has 0 bridgehead atoms. The van der Waals surface area contributed by atoms with Gasteiger partial charge in [-0.25, -0.2) is 0 Å². The number of aliphatic carboxylic acids is 1. The second-order valence-electron chi connectivity index (χ2n) is 6.14. The number of amides is 1. The zero-order valence-electron chi connectivity index (χ0n) is 12.3. The zero-order valence-corrected chi connectivity index (χ0v) is 12.3. The van der Waals surface area contributed by atoms with E-state index >= 15 is 0 Å². The monoisotopic (exact) mass is 282 g/mol. The van der Waals surface area contributed by atoms with Crippen LogP contribution in [0.15, 0.2) is 0 Å². The first-order chi connectivity index (χ1) is 9.61. The standard InChI is InChI=1S/C15H26N2O3/c1-2-11-9-12(13(10-11)15(19)20)14(18)16-5-8-17-6-3-4-7-17/h11-13H,2-10H2,1H3,(H,16,18)(H,19,20). The van der Waals surface area contributed by atoms with E-state index in [0.29, 0.717) is 18.9 Å². The summed E-state index contributed by atoms with van der Waals surface area (Å²) in [4.78, 5) is 25.8. The minimum Gasteiger partial charge on any atom is -0.481 e. The maximum absolute atomic E-state index is 12.2. The lowest BCUT2D eigenvalue weighted by Crippen LogP contribution is -2.39. The summed E-state index contributed by atoms with van der Waals surface area (Å²) in [6.07, 6.45) is 4.83. The van der Waals surface area contributed by atoms with E-state index in [1.54, 1.807) is 0 Å². The SMILES string of the molecule is CCC1CC(C(=O)O)C(C(=O)NCCN2CCCC2)C1. The number of hydrogen-bond acceptors (Lipinski definition) is 3. The summed E-state index contributed by atoms with van der Waals surface area (Å²) in [5.41, 5.74) is 0. The molecule has 0 aromatic heterocycles. The summed E-state index contributed by atoms with van der Waals surface area (Å²) in [7, 11) is 0. The number of hydrogen-bond donors (Lipinski definition) is 2. The molecule has 1 amide bonds. The van der Waals surface area contributed by atoms with E-state index in [2.05, 4.69) is 17.1 Å². The number of carbonyl (C=O) groups excluding carboxylic acids is 1. The fourth-order valence-electron chi connectivity index (χ4n) is 3.51. The van der Waals surface area contributed by atoms with E-state index in [1.807, 2.05) is 0 Å². The molecule has 1 aliphatic heterocycles. The van der Waals surface area contributed by atoms with Crippen molar-refractivity contribution in [3.8, 4) is 0 Å². The van der Waals surface area contributed by atoms with Gasteiger partial charge in [0.15, 0.2) is 0 Å². The average molecular weight is 282 g/mol. The Kier molecular flexibility index (Phi) is 5.40. The highest BCUT2D eigenvalue weighted by atomic mass is 16.4. The van der Waals surface area contributed by atoms with Crippen molar-refractivity contribution in [3.63, 3.8) is 0 Å². The van der Waals surface area contributed by atoms with Crippen LogP contribution in [0.1, 0.15) is 39.0 Å². The van der Waals surface area contributed by atoms with E-state index in [0.717, 1.165) is 32.5 Å². The molecule has 5 nitrogen and oxygen atoms in total. The number of nitrogens with zero attached hydrogens (tertiary/aromatic N) is 1. The molecule has 20 heavy (non-hydrogen) atoms. The van der Waals surface area contributed by atoms with E-state index in [4.69, 9.17) is 0 Å². The van der Waals surface area contributed by atoms with E-state index in [9.17, 15) is 14.7 Å². The van der Waals surface area contributed by atoms with Crippen molar-refractivity contribution < 1.29 is 14.7 Å². The van der Waals surface area contributed by atoms with Crippen molar-refractivity contribution >= 4 is 11.9 Å². The Bertz CT molecular complexity index is 353. The maximum Gasteiger partial charge on any atom is 0.307 e. The highest BCUT2D eigenvalue weighted by Gasteiger charge is 2.41. The van der Waals surface area contributed by atoms with Crippen LogP contribution >= 0.6 is 0 Å². The van der Waals surface area contributed by atoms with Crippen molar-refractivity contribution in [3.05, 3.63) is 0 Å². The second kappa shape index (κ2) is 7.07. The molecule has 3 atom stereocenters. The quantitative estimate of drug-likeness (QED) is 0.771. The Morgan fingerprint density at radius 3 is 2.45 bits per heavy atom. The predicted molar refractivity (Wildman–Crippen MR) is 76.3 cm³/mol. The van der Waals surface area contributed by atoms with Crippen LogP contribution in [0.2, 0.25) is 0 Å². The van der Waals surface area contributed by atoms with Gasteiger partial charge in [-0.05, 0) is 44.7 Å². The van der Waals surface area contributed by atoms with Crippen LogP contribution in [0, 0.1) is 17.8 Å². The average Bonchev–Trinajstić information content (AvgIpc) is 3.07. The third-order valence-corrected chi connectivity index (χ3v) is 4.82. The molecular formula is C15H26N2O3. The zero-order chi connectivity index (χ0) is 14.5. The van der Waals surface area contributed by atoms with Gasteiger partial charge in [-0.3, -0.25) is 9.59 Å². The summed E-state index contributed by atoms with van der Waals surface area (Å²) in [5, 5.41) is 12.2. The van der Waals surface area contributed by atoms with Crippen LogP contribution in [-0.4, -0.2) is 48.1 Å². The minimum atomic E-state index is -0.819. The first-order valence-corrected chi connectivity index (χ1v) is 7.84. The molecule has 2 rings (SSSR count). The fourth-order valence-corrected chi connectivity index (χ4v) is 3.51. The lowest BCUT2D eigenvalue weighted by molar-refractivity contribution is -0.146. The third kappa shape index (κ3) is 3.72. The lowest BCUT2D eigenvalue weighted by atomic mass is 9.95. The van der Waals surface area contributed by atoms with Crippen molar-refractivity contribution in [1.29, 1.82) is 0 Å². The normalized spacial score (nSPS) is 30.6. The molecule has 1 heterocycles. The summed E-state index contributed by atoms with van der Waals surface area (Å²) in [6, 6.07) is 0. The van der Waals surface area contributed by atoms with Crippen LogP contribution in [-0.2, 0) is 9.59 Å². The highest BCUT2D eigenvalue weighted by Crippen LogP contribution is 2.38. The van der Waals surface area contributed by atoms with Gasteiger partial charge in [0.1, 0.15) is 0 Å². The number of carboxylic acids is 1. The number of rotatable bonds is 6. The summed E-state index contributed by atoms with van der Waals surface area (Å²) < 4.78 is 0. The number of nitrogens with one attached hydrogen (secondary N) is 1. The first-order valence-electron chi connectivity index (χ1n) is 7.84. The van der Waals surface area contributed by atoms with E-state index in [-0.39, 0.29) is 11.8 Å². The van der Waals surface area contributed by atoms with Gasteiger partial charge in [0, 0.05) is 13.1 Å². The lowest BCUT2D eigenvalue weighted by Gasteiger charge is -2.18. The molecule has 2 aliphatic rings. The van der Waals surface area contributed by atoms with Gasteiger partial charge in [0.05, 0.1) is 11.8 Å². The summed E-state index contributed by atoms with van der Waals surface area (Å²) >= 11 is 0. The van der Waals surface area contributed by atoms with Gasteiger partial charge >= 0.3 is 5.97 Å². The van der Waals surface area contributed by atoms with Crippen molar-refractivity contribution in [2.24, 2.45) is 17.8 Å². The number of likely N-dealkylation sites (tertiary alicyclic amines) is 1. The van der Waals surface area contributed by atoms with Gasteiger partial charge in [-0.1, -0.05) is 13.3 Å². The highest BCUT2D eigenvalue weighted by molar-refractivity contribution is 5.85. The van der Waals surface area contributed by atoms with Crippen LogP contribution in [0.3, 0.4) is 0 Å². The van der Waals surface area contributed by atoms with Gasteiger partial charge in [0.2, 0.25) is 5.91 Å². The molecule has 2 N–H and O–H groups in total. The van der Waals surface area contributed by atoms with Crippen LogP contribution in [0.4, 0.5) is 0 Å². The molecule has 1 aliphatic carbocycles. The molecule has 0 aromatic carbocycles. The Labute approximate surface area is 120 Å². The summed E-state index contributed by atoms with van der Waals surface area (Å²) in [6.45, 7) is 5.83. The minimum absolute atomic E-state index is 0.0625. The maximum atomic E-state index is 12.2. The summed E-state index contributed by atoms with van der Waals surface area (Å²) in [5.74, 6) is -1.33. The molecule has 3 unspecified atom stereocenters. The van der Waals surface area contributed by atoms with Crippen molar-refractivity contribution in [1.82, 2.24) is 10.2 Å². The smallest absolute Gasteiger partial charge is 0.307 e. The van der Waals surface area contributed by atoms with Gasteiger partial charge in [-0.15, -0.1) is 0 Å². The topological polar surface area (TPSA) is 69.6 Å². The van der Waals surface area contributed by atoms with E-state index < -0.39 is 11.9 Å². The molecule has 1 saturated carbocycles. The van der Waals surface area contributed by atoms with Crippen LogP contribution < -0.4 is 5.32 Å². The van der Waals surface area contributed by atoms with Crippen LogP contribution in [0.5, 0.6) is 0 Å². The molecule has 0 radical (unpaired) electrons. The largest absolute Gasteiger partial charge is 0.481 e. The Balaban J connectivity index is 1.79. The second-order valence-corrected chi connectivity index (χ2v) is 6.14. The predicted octanol–water partition coefficient (Wildman–Crippen LogP) is 1.34. The molecule has 5 heteroatoms. The third-order valence-electron chi connectivity index (χ3n) is 4.82. The molecule has 0 spiro atoms. The first kappa shape index (κ1) is 15.3.